The maximum atomic E-state index is 13.0. The molecule has 146 valence electrons. The van der Waals surface area contributed by atoms with E-state index in [1.807, 2.05) is 42.0 Å². The first-order chi connectivity index (χ1) is 13.0. The number of likely N-dealkylation sites (N-methyl/N-ethyl adjacent to an activating group) is 1. The molecular formula is C21H29N3O3. The molecule has 0 aromatic heterocycles. The van der Waals surface area contributed by atoms with E-state index in [0.717, 1.165) is 25.2 Å². The first-order valence-corrected chi connectivity index (χ1v) is 10.0. The van der Waals surface area contributed by atoms with Crippen LogP contribution in [-0.4, -0.2) is 67.6 Å². The quantitative estimate of drug-likeness (QED) is 0.884. The number of rotatable bonds is 3. The predicted molar refractivity (Wildman–Crippen MR) is 104 cm³/mol. The molecule has 6 nitrogen and oxygen atoms in total. The third-order valence-corrected chi connectivity index (χ3v) is 6.45. The molecule has 1 N–H and O–H groups in total. The molecule has 27 heavy (non-hydrogen) atoms. The minimum absolute atomic E-state index is 0.0815. The average molecular weight is 371 g/mol. The molecule has 3 fully saturated rings. The summed E-state index contributed by atoms with van der Waals surface area (Å²) in [5.74, 6) is 1.36. The molecule has 2 heterocycles. The number of amides is 2. The van der Waals surface area contributed by atoms with Gasteiger partial charge in [-0.05, 0) is 56.3 Å². The Kier molecular flexibility index (Phi) is 5.19. The van der Waals surface area contributed by atoms with E-state index in [9.17, 15) is 9.59 Å². The summed E-state index contributed by atoms with van der Waals surface area (Å²) in [5, 5.41) is 3.00. The number of hydrogen-bond donors (Lipinski definition) is 1. The Balaban J connectivity index is 1.46. The molecule has 2 amide bonds. The number of anilines is 1. The summed E-state index contributed by atoms with van der Waals surface area (Å²) in [7, 11) is 1.93. The summed E-state index contributed by atoms with van der Waals surface area (Å²) in [4.78, 5) is 29.6. The summed E-state index contributed by atoms with van der Waals surface area (Å²) < 4.78 is 5.44. The molecule has 1 aromatic rings. The second-order valence-electron chi connectivity index (χ2n) is 8.25. The fraction of sp³-hybridized carbons (Fsp3) is 0.619. The molecule has 0 radical (unpaired) electrons. The number of hydrogen-bond acceptors (Lipinski definition) is 4. The molecule has 1 aliphatic carbocycles. The molecule has 3 atom stereocenters. The maximum absolute atomic E-state index is 13.0. The molecule has 0 spiro atoms. The first-order valence-electron chi connectivity index (χ1n) is 10.0. The first kappa shape index (κ1) is 18.4. The fourth-order valence-electron chi connectivity index (χ4n) is 4.65. The maximum Gasteiger partial charge on any atom is 0.253 e. The van der Waals surface area contributed by atoms with Crippen molar-refractivity contribution < 1.29 is 14.3 Å². The SMILES string of the molecule is Cc1ccc(C(=O)N2C[C@H]3CCC[C@H]3C2)cc1NC(=O)[C@H]1COCCN1C. The molecule has 6 heteroatoms. The highest BCUT2D eigenvalue weighted by atomic mass is 16.5. The molecule has 0 unspecified atom stereocenters. The van der Waals surface area contributed by atoms with E-state index >= 15 is 0 Å². The van der Waals surface area contributed by atoms with Crippen LogP contribution in [0.25, 0.3) is 0 Å². The summed E-state index contributed by atoms with van der Waals surface area (Å²) >= 11 is 0. The Morgan fingerprint density at radius 1 is 1.19 bits per heavy atom. The van der Waals surface area contributed by atoms with Crippen LogP contribution >= 0.6 is 0 Å². The second-order valence-corrected chi connectivity index (χ2v) is 8.25. The number of carbonyl (C=O) groups excluding carboxylic acids is 2. The van der Waals surface area contributed by atoms with Gasteiger partial charge in [0.05, 0.1) is 13.2 Å². The van der Waals surface area contributed by atoms with Gasteiger partial charge in [-0.15, -0.1) is 0 Å². The number of morpholine rings is 1. The van der Waals surface area contributed by atoms with Gasteiger partial charge in [-0.1, -0.05) is 12.5 Å². The average Bonchev–Trinajstić information content (AvgIpc) is 3.25. The number of nitrogens with zero attached hydrogens (tertiary/aromatic N) is 2. The zero-order valence-electron chi connectivity index (χ0n) is 16.2. The van der Waals surface area contributed by atoms with Crippen LogP contribution < -0.4 is 5.32 Å². The monoisotopic (exact) mass is 371 g/mol. The van der Waals surface area contributed by atoms with Gasteiger partial charge in [0.1, 0.15) is 6.04 Å². The third-order valence-electron chi connectivity index (χ3n) is 6.45. The summed E-state index contributed by atoms with van der Waals surface area (Å²) in [5.41, 5.74) is 2.32. The van der Waals surface area contributed by atoms with E-state index in [4.69, 9.17) is 4.74 Å². The smallest absolute Gasteiger partial charge is 0.253 e. The molecule has 0 bridgehead atoms. The van der Waals surface area contributed by atoms with E-state index in [-0.39, 0.29) is 17.9 Å². The molecule has 1 saturated carbocycles. The Hall–Kier alpha value is -1.92. The van der Waals surface area contributed by atoms with Crippen molar-refractivity contribution in [2.75, 3.05) is 45.2 Å². The molecule has 2 saturated heterocycles. The Bertz CT molecular complexity index is 723. The van der Waals surface area contributed by atoms with Crippen molar-refractivity contribution in [2.45, 2.75) is 32.2 Å². The number of fused-ring (bicyclic) bond motifs is 1. The van der Waals surface area contributed by atoms with Crippen LogP contribution in [0.3, 0.4) is 0 Å². The number of benzene rings is 1. The molecule has 2 aliphatic heterocycles. The van der Waals surface area contributed by atoms with Gasteiger partial charge in [0.15, 0.2) is 0 Å². The molecular weight excluding hydrogens is 342 g/mol. The molecule has 1 aromatic carbocycles. The number of carbonyl (C=O) groups is 2. The van der Waals surface area contributed by atoms with E-state index in [0.29, 0.717) is 36.3 Å². The van der Waals surface area contributed by atoms with Crippen LogP contribution in [0.5, 0.6) is 0 Å². The van der Waals surface area contributed by atoms with Crippen LogP contribution in [0.2, 0.25) is 0 Å². The van der Waals surface area contributed by atoms with Crippen molar-refractivity contribution in [3.05, 3.63) is 29.3 Å². The van der Waals surface area contributed by atoms with Gasteiger partial charge in [0.2, 0.25) is 5.91 Å². The van der Waals surface area contributed by atoms with Crippen molar-refractivity contribution >= 4 is 17.5 Å². The lowest BCUT2D eigenvalue weighted by Crippen LogP contribution is -2.49. The van der Waals surface area contributed by atoms with Crippen LogP contribution in [0, 0.1) is 18.8 Å². The number of likely N-dealkylation sites (tertiary alicyclic amines) is 1. The van der Waals surface area contributed by atoms with E-state index in [1.54, 1.807) is 0 Å². The highest BCUT2D eigenvalue weighted by Gasteiger charge is 2.38. The van der Waals surface area contributed by atoms with Crippen LogP contribution in [0.4, 0.5) is 5.69 Å². The summed E-state index contributed by atoms with van der Waals surface area (Å²) in [6, 6.07) is 5.32. The predicted octanol–water partition coefficient (Wildman–Crippen LogP) is 2.14. The Labute approximate surface area is 160 Å². The summed E-state index contributed by atoms with van der Waals surface area (Å²) in [6.45, 7) is 5.50. The normalized spacial score (nSPS) is 28.2. The van der Waals surface area contributed by atoms with E-state index in [1.165, 1.54) is 19.3 Å². The zero-order valence-corrected chi connectivity index (χ0v) is 16.2. The topological polar surface area (TPSA) is 61.9 Å². The second kappa shape index (κ2) is 7.60. The van der Waals surface area contributed by atoms with Crippen molar-refractivity contribution in [3.8, 4) is 0 Å². The van der Waals surface area contributed by atoms with Crippen molar-refractivity contribution in [2.24, 2.45) is 11.8 Å². The van der Waals surface area contributed by atoms with Gasteiger partial charge in [-0.25, -0.2) is 0 Å². The van der Waals surface area contributed by atoms with E-state index in [2.05, 4.69) is 5.32 Å². The number of ether oxygens (including phenoxy) is 1. The van der Waals surface area contributed by atoms with Gasteiger partial charge < -0.3 is 15.0 Å². The highest BCUT2D eigenvalue weighted by molar-refractivity contribution is 5.99. The number of aryl methyl sites for hydroxylation is 1. The van der Waals surface area contributed by atoms with Gasteiger partial charge in [0, 0.05) is 30.9 Å². The standard InChI is InChI=1S/C21H29N3O3/c1-14-6-7-15(21(26)24-11-16-4-3-5-17(16)12-24)10-18(14)22-20(25)19-13-27-9-8-23(19)2/h6-7,10,16-17,19H,3-5,8-9,11-13H2,1-2H3,(H,22,25)/t16-,17+,19-/m1/s1. The minimum atomic E-state index is -0.296. The molecule has 3 aliphatic rings. The lowest BCUT2D eigenvalue weighted by Gasteiger charge is -2.31. The van der Waals surface area contributed by atoms with Gasteiger partial charge >= 0.3 is 0 Å². The fourth-order valence-corrected chi connectivity index (χ4v) is 4.65. The minimum Gasteiger partial charge on any atom is -0.378 e. The van der Waals surface area contributed by atoms with Crippen LogP contribution in [0.1, 0.15) is 35.2 Å². The Morgan fingerprint density at radius 2 is 1.93 bits per heavy atom. The van der Waals surface area contributed by atoms with Gasteiger partial charge in [-0.3, -0.25) is 14.5 Å². The van der Waals surface area contributed by atoms with Crippen molar-refractivity contribution in [3.63, 3.8) is 0 Å². The van der Waals surface area contributed by atoms with Gasteiger partial charge in [-0.2, -0.15) is 0 Å². The Morgan fingerprint density at radius 3 is 2.63 bits per heavy atom. The van der Waals surface area contributed by atoms with E-state index < -0.39 is 0 Å². The largest absolute Gasteiger partial charge is 0.378 e. The molecule has 4 rings (SSSR count). The highest BCUT2D eigenvalue weighted by Crippen LogP contribution is 2.38. The van der Waals surface area contributed by atoms with Crippen molar-refractivity contribution in [1.82, 2.24) is 9.80 Å². The lowest BCUT2D eigenvalue weighted by molar-refractivity contribution is -0.126. The zero-order chi connectivity index (χ0) is 19.0. The number of nitrogens with one attached hydrogen (secondary N) is 1. The van der Waals surface area contributed by atoms with Crippen molar-refractivity contribution in [1.29, 1.82) is 0 Å². The summed E-state index contributed by atoms with van der Waals surface area (Å²) in [6.07, 6.45) is 3.80. The van der Waals surface area contributed by atoms with Crippen LogP contribution in [-0.2, 0) is 9.53 Å². The van der Waals surface area contributed by atoms with Crippen LogP contribution in [0.15, 0.2) is 18.2 Å². The van der Waals surface area contributed by atoms with Gasteiger partial charge in [0.25, 0.3) is 5.91 Å². The third kappa shape index (κ3) is 3.73. The lowest BCUT2D eigenvalue weighted by atomic mass is 10.0.